The summed E-state index contributed by atoms with van der Waals surface area (Å²) in [7, 11) is 1.66. The van der Waals surface area contributed by atoms with Crippen LogP contribution in [0.25, 0.3) is 0 Å². The molecule has 7 rings (SSSR count). The minimum atomic E-state index is -0.259. The van der Waals surface area contributed by atoms with E-state index >= 15 is 0 Å². The number of anilines is 5. The lowest BCUT2D eigenvalue weighted by Gasteiger charge is -2.44. The van der Waals surface area contributed by atoms with Gasteiger partial charge in [-0.15, -0.1) is 0 Å². The van der Waals surface area contributed by atoms with Crippen molar-refractivity contribution in [2.45, 2.75) is 63.1 Å². The minimum absolute atomic E-state index is 0.0640. The number of carbonyl (C=O) groups is 1. The van der Waals surface area contributed by atoms with Crippen LogP contribution in [-0.4, -0.2) is 90.7 Å². The lowest BCUT2D eigenvalue weighted by molar-refractivity contribution is -0.111. The molecular formula is C37H48N8O3. The molecule has 2 aromatic carbocycles. The number of piperidine rings is 1. The van der Waals surface area contributed by atoms with E-state index in [1.807, 2.05) is 41.5 Å². The molecule has 0 bridgehead atoms. The molecule has 11 nitrogen and oxygen atoms in total. The Morgan fingerprint density at radius 2 is 1.60 bits per heavy atom. The van der Waals surface area contributed by atoms with Crippen LogP contribution in [0.15, 0.2) is 67.5 Å². The van der Waals surface area contributed by atoms with E-state index in [0.717, 1.165) is 57.2 Å². The lowest BCUT2D eigenvalue weighted by Crippen LogP contribution is -2.54. The molecule has 4 heterocycles. The smallest absolute Gasteiger partial charge is 0.247 e. The predicted octanol–water partition coefficient (Wildman–Crippen LogP) is 5.77. The summed E-state index contributed by atoms with van der Waals surface area (Å²) in [5, 5.41) is 8.32. The number of ether oxygens (including phenoxy) is 1. The monoisotopic (exact) mass is 652 g/mol. The molecular weight excluding hydrogens is 604 g/mol. The number of hydrogen-bond acceptors (Lipinski definition) is 10. The summed E-state index contributed by atoms with van der Waals surface area (Å²) in [6.45, 7) is 10.8. The quantitative estimate of drug-likeness (QED) is 0.263. The van der Waals surface area contributed by atoms with Crippen LogP contribution in [0.2, 0.25) is 0 Å². The van der Waals surface area contributed by atoms with Crippen molar-refractivity contribution >= 4 is 34.6 Å². The van der Waals surface area contributed by atoms with Gasteiger partial charge in [0.1, 0.15) is 17.9 Å². The number of nitrogens with one attached hydrogen (secondary N) is 2. The molecule has 1 aliphatic carbocycles. The molecule has 1 unspecified atom stereocenters. The van der Waals surface area contributed by atoms with Crippen molar-refractivity contribution in [2.75, 3.05) is 73.6 Å². The van der Waals surface area contributed by atoms with E-state index in [-0.39, 0.29) is 11.9 Å². The molecule has 4 aliphatic rings. The molecule has 3 aromatic rings. The number of rotatable bonds is 10. The first kappa shape index (κ1) is 32.4. The Morgan fingerprint density at radius 1 is 0.896 bits per heavy atom. The highest BCUT2D eigenvalue weighted by atomic mass is 16.7. The summed E-state index contributed by atoms with van der Waals surface area (Å²) in [5.74, 6) is 1.65. The molecule has 1 aromatic heterocycles. The maximum Gasteiger partial charge on any atom is 0.247 e. The number of amides is 1. The lowest BCUT2D eigenvalue weighted by atomic mass is 10.0. The van der Waals surface area contributed by atoms with E-state index in [4.69, 9.17) is 9.57 Å². The van der Waals surface area contributed by atoms with Crippen molar-refractivity contribution in [1.82, 2.24) is 19.8 Å². The molecule has 254 valence electrons. The molecule has 3 aliphatic heterocycles. The summed E-state index contributed by atoms with van der Waals surface area (Å²) in [6, 6.07) is 17.6. The summed E-state index contributed by atoms with van der Waals surface area (Å²) >= 11 is 0. The van der Waals surface area contributed by atoms with E-state index in [9.17, 15) is 4.79 Å². The van der Waals surface area contributed by atoms with E-state index in [1.54, 1.807) is 7.11 Å². The van der Waals surface area contributed by atoms with Crippen molar-refractivity contribution in [2.24, 2.45) is 0 Å². The van der Waals surface area contributed by atoms with E-state index < -0.39 is 0 Å². The Labute approximate surface area is 283 Å². The second-order valence-electron chi connectivity index (χ2n) is 13.3. The van der Waals surface area contributed by atoms with Gasteiger partial charge in [-0.1, -0.05) is 49.8 Å². The van der Waals surface area contributed by atoms with Gasteiger partial charge < -0.3 is 20.3 Å². The topological polar surface area (TPSA) is 98.3 Å². The van der Waals surface area contributed by atoms with Crippen molar-refractivity contribution in [3.05, 3.63) is 73.1 Å². The molecule has 1 atom stereocenters. The van der Waals surface area contributed by atoms with Gasteiger partial charge in [0.2, 0.25) is 5.91 Å². The molecule has 1 saturated carbocycles. The Kier molecular flexibility index (Phi) is 10.1. The summed E-state index contributed by atoms with van der Waals surface area (Å²) in [6.07, 6.45) is 11.4. The van der Waals surface area contributed by atoms with Crippen LogP contribution in [0.4, 0.5) is 28.7 Å². The van der Waals surface area contributed by atoms with Gasteiger partial charge in [-0.25, -0.2) is 15.0 Å². The Morgan fingerprint density at radius 3 is 2.29 bits per heavy atom. The van der Waals surface area contributed by atoms with Gasteiger partial charge in [-0.3, -0.25) is 19.4 Å². The zero-order valence-corrected chi connectivity index (χ0v) is 28.0. The van der Waals surface area contributed by atoms with Gasteiger partial charge in [0.15, 0.2) is 5.82 Å². The number of methoxy groups -OCH3 is 1. The SMILES string of the molecule is C=CC(=O)Nc1cc(Nc2cc(N3OCCC3c3ccccc3)ncn2)c(OC)cc1N1CCC(N2CCN(C3CCCC3)CC2)CC1. The van der Waals surface area contributed by atoms with Gasteiger partial charge in [0.05, 0.1) is 36.8 Å². The second-order valence-corrected chi connectivity index (χ2v) is 13.3. The van der Waals surface area contributed by atoms with Gasteiger partial charge in [0, 0.05) is 69.9 Å². The van der Waals surface area contributed by atoms with Crippen molar-refractivity contribution in [3.8, 4) is 5.75 Å². The predicted molar refractivity (Wildman–Crippen MR) is 190 cm³/mol. The largest absolute Gasteiger partial charge is 0.494 e. The number of nitrogens with zero attached hydrogens (tertiary/aromatic N) is 6. The van der Waals surface area contributed by atoms with Gasteiger partial charge in [-0.2, -0.15) is 0 Å². The summed E-state index contributed by atoms with van der Waals surface area (Å²) in [5.41, 5.74) is 3.50. The van der Waals surface area contributed by atoms with E-state index in [2.05, 4.69) is 54.0 Å². The highest BCUT2D eigenvalue weighted by molar-refractivity contribution is 6.02. The van der Waals surface area contributed by atoms with E-state index in [0.29, 0.717) is 41.4 Å². The number of piperazine rings is 1. The maximum atomic E-state index is 12.6. The zero-order chi connectivity index (χ0) is 32.9. The number of hydroxylamine groups is 1. The van der Waals surface area contributed by atoms with Crippen LogP contribution in [0.5, 0.6) is 5.75 Å². The fourth-order valence-corrected chi connectivity index (χ4v) is 7.94. The van der Waals surface area contributed by atoms with Crippen LogP contribution >= 0.6 is 0 Å². The highest BCUT2D eigenvalue weighted by Crippen LogP contribution is 2.41. The third-order valence-electron chi connectivity index (χ3n) is 10.5. The minimum Gasteiger partial charge on any atom is -0.494 e. The number of benzene rings is 2. The van der Waals surface area contributed by atoms with Crippen LogP contribution in [-0.2, 0) is 9.63 Å². The first-order valence-corrected chi connectivity index (χ1v) is 17.5. The molecule has 48 heavy (non-hydrogen) atoms. The van der Waals surface area contributed by atoms with Crippen LogP contribution in [0.3, 0.4) is 0 Å². The van der Waals surface area contributed by atoms with Gasteiger partial charge in [0.25, 0.3) is 0 Å². The van der Waals surface area contributed by atoms with Crippen molar-refractivity contribution < 1.29 is 14.4 Å². The fraction of sp³-hybridized carbons (Fsp3) is 0.486. The van der Waals surface area contributed by atoms with Crippen molar-refractivity contribution in [1.29, 1.82) is 0 Å². The molecule has 11 heteroatoms. The Bertz CT molecular complexity index is 1550. The van der Waals surface area contributed by atoms with Crippen LogP contribution < -0.4 is 25.3 Å². The highest BCUT2D eigenvalue weighted by Gasteiger charge is 2.32. The molecule has 0 radical (unpaired) electrons. The third kappa shape index (κ3) is 7.13. The first-order chi connectivity index (χ1) is 23.6. The van der Waals surface area contributed by atoms with Crippen LogP contribution in [0, 0.1) is 0 Å². The average Bonchev–Trinajstić information content (AvgIpc) is 3.86. The molecule has 0 spiro atoms. The normalized spacial score (nSPS) is 21.4. The Balaban J connectivity index is 1.06. The standard InChI is InChI=1S/C37H48N8O3/c1-3-37(46)41-30-23-31(40-35-25-36(39-26-38-35)45-32(15-22-48-45)27-9-5-4-6-10-27)34(47-2)24-33(30)44-16-13-29(14-17-44)43-20-18-42(19-21-43)28-11-7-8-12-28/h3-6,9-10,23-26,28-29,32H,1,7-8,11-22H2,2H3,(H,41,46)(H,38,39,40). The Hall–Kier alpha value is -4.19. The zero-order valence-electron chi connectivity index (χ0n) is 28.0. The second kappa shape index (κ2) is 14.9. The average molecular weight is 653 g/mol. The molecule has 2 N–H and O–H groups in total. The van der Waals surface area contributed by atoms with Gasteiger partial charge in [-0.05, 0) is 43.4 Å². The van der Waals surface area contributed by atoms with Gasteiger partial charge >= 0.3 is 0 Å². The number of carbonyl (C=O) groups excluding carboxylic acids is 1. The summed E-state index contributed by atoms with van der Waals surface area (Å²) < 4.78 is 5.90. The van der Waals surface area contributed by atoms with E-state index in [1.165, 1.54) is 56.7 Å². The van der Waals surface area contributed by atoms with Crippen molar-refractivity contribution in [3.63, 3.8) is 0 Å². The van der Waals surface area contributed by atoms with Crippen LogP contribution in [0.1, 0.15) is 56.6 Å². The first-order valence-electron chi connectivity index (χ1n) is 17.5. The maximum absolute atomic E-state index is 12.6. The molecule has 3 saturated heterocycles. The summed E-state index contributed by atoms with van der Waals surface area (Å²) in [4.78, 5) is 35.5. The molecule has 1 amide bonds. The fourth-order valence-electron chi connectivity index (χ4n) is 7.94. The number of aromatic nitrogens is 2. The number of hydrogen-bond donors (Lipinski definition) is 2. The molecule has 4 fully saturated rings. The third-order valence-corrected chi connectivity index (χ3v) is 10.5.